The molecule has 2 rings (SSSR count). The zero-order valence-corrected chi connectivity index (χ0v) is 12.5. The molecule has 112 valence electrons. The summed E-state index contributed by atoms with van der Waals surface area (Å²) >= 11 is 0. The number of benzene rings is 1. The first-order valence-electron chi connectivity index (χ1n) is 6.18. The van der Waals surface area contributed by atoms with Crippen LogP contribution in [0.1, 0.15) is 5.56 Å². The number of methoxy groups -OCH3 is 1. The van der Waals surface area contributed by atoms with Crippen LogP contribution in [-0.2, 0) is 16.6 Å². The highest BCUT2D eigenvalue weighted by Crippen LogP contribution is 2.17. The van der Waals surface area contributed by atoms with Gasteiger partial charge >= 0.3 is 0 Å². The highest BCUT2D eigenvalue weighted by Gasteiger charge is 2.15. The summed E-state index contributed by atoms with van der Waals surface area (Å²) in [4.78, 5) is 7.78. The van der Waals surface area contributed by atoms with E-state index in [1.807, 2.05) is 12.1 Å². The molecule has 21 heavy (non-hydrogen) atoms. The molecule has 0 saturated heterocycles. The van der Waals surface area contributed by atoms with E-state index < -0.39 is 10.0 Å². The predicted octanol–water partition coefficient (Wildman–Crippen LogP) is 1.01. The lowest BCUT2D eigenvalue weighted by Crippen LogP contribution is -2.24. The Kier molecular flexibility index (Phi) is 4.71. The van der Waals surface area contributed by atoms with Crippen LogP contribution in [0, 0.1) is 0 Å². The lowest BCUT2D eigenvalue weighted by molar-refractivity contribution is 0.409. The SMILES string of the molecule is CNc1ncc(S(=O)(=O)NCc2ccccc2OC)cn1. The van der Waals surface area contributed by atoms with Gasteiger partial charge in [-0.3, -0.25) is 0 Å². The predicted molar refractivity (Wildman–Crippen MR) is 78.6 cm³/mol. The molecule has 8 heteroatoms. The fourth-order valence-electron chi connectivity index (χ4n) is 1.69. The van der Waals surface area contributed by atoms with E-state index >= 15 is 0 Å². The first kappa shape index (κ1) is 15.2. The summed E-state index contributed by atoms with van der Waals surface area (Å²) in [7, 11) is -0.471. The average molecular weight is 308 g/mol. The molecule has 0 atom stereocenters. The monoisotopic (exact) mass is 308 g/mol. The number of nitrogens with one attached hydrogen (secondary N) is 2. The molecular formula is C13H16N4O3S. The van der Waals surface area contributed by atoms with Crippen LogP contribution in [0.25, 0.3) is 0 Å². The minimum absolute atomic E-state index is 0.0106. The van der Waals surface area contributed by atoms with Crippen molar-refractivity contribution in [3.63, 3.8) is 0 Å². The van der Waals surface area contributed by atoms with Crippen molar-refractivity contribution in [2.24, 2.45) is 0 Å². The fourth-order valence-corrected chi connectivity index (χ4v) is 2.58. The molecule has 1 heterocycles. The highest BCUT2D eigenvalue weighted by atomic mass is 32.2. The summed E-state index contributed by atoms with van der Waals surface area (Å²) in [6.45, 7) is 0.125. The number of aromatic nitrogens is 2. The van der Waals surface area contributed by atoms with Gasteiger partial charge in [-0.2, -0.15) is 0 Å². The third-order valence-electron chi connectivity index (χ3n) is 2.81. The van der Waals surface area contributed by atoms with Gasteiger partial charge in [0.15, 0.2) is 0 Å². The Morgan fingerprint density at radius 3 is 2.48 bits per heavy atom. The van der Waals surface area contributed by atoms with Crippen LogP contribution in [0.5, 0.6) is 5.75 Å². The zero-order valence-electron chi connectivity index (χ0n) is 11.7. The van der Waals surface area contributed by atoms with Gasteiger partial charge in [0.25, 0.3) is 0 Å². The van der Waals surface area contributed by atoms with E-state index in [9.17, 15) is 8.42 Å². The summed E-state index contributed by atoms with van der Waals surface area (Å²) < 4.78 is 32.0. The smallest absolute Gasteiger partial charge is 0.243 e. The van der Waals surface area contributed by atoms with E-state index in [1.54, 1.807) is 19.2 Å². The van der Waals surface area contributed by atoms with Gasteiger partial charge in [0.05, 0.1) is 19.5 Å². The van der Waals surface area contributed by atoms with Gasteiger partial charge in [-0.1, -0.05) is 18.2 Å². The second-order valence-corrected chi connectivity index (χ2v) is 5.90. The molecule has 0 aliphatic rings. The first-order valence-corrected chi connectivity index (χ1v) is 7.66. The summed E-state index contributed by atoms with van der Waals surface area (Å²) in [5.41, 5.74) is 0.747. The normalized spacial score (nSPS) is 11.1. The number of sulfonamides is 1. The first-order chi connectivity index (χ1) is 10.1. The van der Waals surface area contributed by atoms with Crippen molar-refractivity contribution in [3.8, 4) is 5.75 Å². The Morgan fingerprint density at radius 1 is 1.19 bits per heavy atom. The standard InChI is InChI=1S/C13H16N4O3S/c1-14-13-15-8-11(9-16-13)21(18,19)17-7-10-5-3-4-6-12(10)20-2/h3-6,8-9,17H,7H2,1-2H3,(H,14,15,16). The number of hydrogen-bond acceptors (Lipinski definition) is 6. The molecule has 0 saturated carbocycles. The Morgan fingerprint density at radius 2 is 1.86 bits per heavy atom. The van der Waals surface area contributed by atoms with E-state index in [0.717, 1.165) is 5.56 Å². The molecule has 0 fully saturated rings. The van der Waals surface area contributed by atoms with Gasteiger partial charge in [-0.25, -0.2) is 23.1 Å². The molecule has 2 N–H and O–H groups in total. The van der Waals surface area contributed by atoms with E-state index in [0.29, 0.717) is 11.7 Å². The molecule has 0 aliphatic carbocycles. The molecule has 2 aromatic rings. The molecular weight excluding hydrogens is 292 g/mol. The fraction of sp³-hybridized carbons (Fsp3) is 0.231. The summed E-state index contributed by atoms with van der Waals surface area (Å²) in [6, 6.07) is 7.20. The van der Waals surface area contributed by atoms with Gasteiger partial charge in [0, 0.05) is 19.2 Å². The van der Waals surface area contributed by atoms with Crippen molar-refractivity contribution in [2.45, 2.75) is 11.4 Å². The molecule has 1 aromatic heterocycles. The second-order valence-electron chi connectivity index (χ2n) is 4.13. The lowest BCUT2D eigenvalue weighted by atomic mass is 10.2. The van der Waals surface area contributed by atoms with E-state index in [-0.39, 0.29) is 11.4 Å². The number of ether oxygens (including phenoxy) is 1. The van der Waals surface area contributed by atoms with Crippen molar-refractivity contribution >= 4 is 16.0 Å². The Bertz CT molecular complexity index is 702. The maximum Gasteiger partial charge on any atom is 0.243 e. The van der Waals surface area contributed by atoms with Crippen LogP contribution < -0.4 is 14.8 Å². The Balaban J connectivity index is 2.13. The number of anilines is 1. The molecule has 1 aromatic carbocycles. The number of rotatable bonds is 6. The zero-order chi connectivity index (χ0) is 15.3. The quantitative estimate of drug-likeness (QED) is 0.827. The topological polar surface area (TPSA) is 93.2 Å². The minimum atomic E-state index is -3.67. The van der Waals surface area contributed by atoms with Crippen molar-refractivity contribution in [1.82, 2.24) is 14.7 Å². The molecule has 0 aliphatic heterocycles. The summed E-state index contributed by atoms with van der Waals surface area (Å²) in [5.74, 6) is 0.987. The lowest BCUT2D eigenvalue weighted by Gasteiger charge is -2.10. The molecule has 0 unspecified atom stereocenters. The molecule has 0 amide bonds. The van der Waals surface area contributed by atoms with Gasteiger partial charge in [-0.15, -0.1) is 0 Å². The maximum absolute atomic E-state index is 12.2. The van der Waals surface area contributed by atoms with Crippen molar-refractivity contribution < 1.29 is 13.2 Å². The van der Waals surface area contributed by atoms with Crippen molar-refractivity contribution in [1.29, 1.82) is 0 Å². The summed E-state index contributed by atoms with van der Waals surface area (Å²) in [6.07, 6.45) is 2.51. The molecule has 0 bridgehead atoms. The molecule has 0 spiro atoms. The number of para-hydroxylation sites is 1. The van der Waals surface area contributed by atoms with Gasteiger partial charge in [-0.05, 0) is 6.07 Å². The highest BCUT2D eigenvalue weighted by molar-refractivity contribution is 7.89. The van der Waals surface area contributed by atoms with Crippen molar-refractivity contribution in [3.05, 3.63) is 42.2 Å². The van der Waals surface area contributed by atoms with Gasteiger partial charge in [0.1, 0.15) is 10.6 Å². The maximum atomic E-state index is 12.2. The molecule has 0 radical (unpaired) electrons. The largest absolute Gasteiger partial charge is 0.496 e. The van der Waals surface area contributed by atoms with Gasteiger partial charge in [0.2, 0.25) is 16.0 Å². The number of hydrogen-bond donors (Lipinski definition) is 2. The summed E-state index contributed by atoms with van der Waals surface area (Å²) in [5, 5.41) is 2.72. The third-order valence-corrected chi connectivity index (χ3v) is 4.16. The van der Waals surface area contributed by atoms with Crippen LogP contribution in [0.3, 0.4) is 0 Å². The van der Waals surface area contributed by atoms with Crippen LogP contribution in [0.4, 0.5) is 5.95 Å². The Labute approximate surface area is 123 Å². The second kappa shape index (κ2) is 6.51. The van der Waals surface area contributed by atoms with Crippen LogP contribution in [0.15, 0.2) is 41.6 Å². The van der Waals surface area contributed by atoms with E-state index in [2.05, 4.69) is 20.0 Å². The number of nitrogens with zero attached hydrogens (tertiary/aromatic N) is 2. The molecule has 7 nitrogen and oxygen atoms in total. The third kappa shape index (κ3) is 3.67. The van der Waals surface area contributed by atoms with E-state index in [1.165, 1.54) is 19.5 Å². The Hall–Kier alpha value is -2.19. The van der Waals surface area contributed by atoms with Crippen LogP contribution in [-0.4, -0.2) is 32.5 Å². The van der Waals surface area contributed by atoms with Crippen LogP contribution in [0.2, 0.25) is 0 Å². The average Bonchev–Trinajstić information content (AvgIpc) is 2.53. The van der Waals surface area contributed by atoms with Crippen molar-refractivity contribution in [2.75, 3.05) is 19.5 Å². The minimum Gasteiger partial charge on any atom is -0.496 e. The van der Waals surface area contributed by atoms with Gasteiger partial charge < -0.3 is 10.1 Å². The van der Waals surface area contributed by atoms with Crippen LogP contribution >= 0.6 is 0 Å². The van der Waals surface area contributed by atoms with E-state index in [4.69, 9.17) is 4.74 Å².